The molecule has 0 nitrogen and oxygen atoms in total. The van der Waals surface area contributed by atoms with Gasteiger partial charge in [-0.15, -0.1) is 0 Å². The van der Waals surface area contributed by atoms with Crippen LogP contribution < -0.4 is 0 Å². The number of aryl methyl sites for hydroxylation is 3. The summed E-state index contributed by atoms with van der Waals surface area (Å²) in [4.78, 5) is 0. The average molecular weight is 230 g/mol. The Hall–Kier alpha value is -1.30. The molecule has 0 spiro atoms. The maximum Gasteiger partial charge on any atom is -0.0154 e. The number of hydrogen-bond donors (Lipinski definition) is 0. The van der Waals surface area contributed by atoms with Crippen molar-refractivity contribution in [3.05, 3.63) is 47.0 Å². The molecule has 0 aliphatic heterocycles. The maximum atomic E-state index is 2.25. The number of hydrogen-bond acceptors (Lipinski definition) is 0. The second-order valence-electron chi connectivity index (χ2n) is 3.81. The largest absolute Gasteiger partial charge is 0.0683 e. The summed E-state index contributed by atoms with van der Waals surface area (Å²) in [5.41, 5.74) is 4.04. The first-order chi connectivity index (χ1) is 8.16. The lowest BCUT2D eigenvalue weighted by atomic mass is 10.0. The van der Waals surface area contributed by atoms with Gasteiger partial charge in [-0.1, -0.05) is 69.2 Å². The highest BCUT2D eigenvalue weighted by molar-refractivity contribution is 5.86. The summed E-state index contributed by atoms with van der Waals surface area (Å²) in [6.07, 6.45) is 0. The monoisotopic (exact) mass is 230 g/mol. The zero-order valence-corrected chi connectivity index (χ0v) is 12.4. The second kappa shape index (κ2) is 7.89. The predicted molar refractivity (Wildman–Crippen MR) is 80.9 cm³/mol. The van der Waals surface area contributed by atoms with Gasteiger partial charge in [-0.05, 0) is 37.1 Å². The lowest BCUT2D eigenvalue weighted by Crippen LogP contribution is -1.82. The van der Waals surface area contributed by atoms with E-state index in [1.165, 1.54) is 27.5 Å². The first-order valence-corrected chi connectivity index (χ1v) is 6.64. The van der Waals surface area contributed by atoms with Crippen molar-refractivity contribution < 1.29 is 0 Å². The third-order valence-corrected chi connectivity index (χ3v) is 2.46. The van der Waals surface area contributed by atoms with E-state index in [0.29, 0.717) is 0 Å². The molecule has 0 aliphatic rings. The summed E-state index contributed by atoms with van der Waals surface area (Å²) in [6, 6.07) is 11.1. The van der Waals surface area contributed by atoms with Gasteiger partial charge in [0.15, 0.2) is 0 Å². The Labute approximate surface area is 107 Å². The molecular weight excluding hydrogens is 204 g/mol. The second-order valence-corrected chi connectivity index (χ2v) is 3.81. The summed E-state index contributed by atoms with van der Waals surface area (Å²) in [6.45, 7) is 14.5. The maximum absolute atomic E-state index is 2.25. The standard InChI is InChI=1S/C13H14.2C2H6/c1-9-4-5-13-11(3)6-10(2)8-12(13)7-9;2*1-2/h4-8H,1-3H3;2*1-2H3. The molecule has 0 atom stereocenters. The highest BCUT2D eigenvalue weighted by atomic mass is 14.0. The van der Waals surface area contributed by atoms with Crippen LogP contribution in [0.2, 0.25) is 0 Å². The van der Waals surface area contributed by atoms with E-state index in [2.05, 4.69) is 51.1 Å². The molecule has 0 saturated heterocycles. The SMILES string of the molecule is CC.CC.Cc1ccc2c(C)cc(C)cc2c1. The summed E-state index contributed by atoms with van der Waals surface area (Å²) in [5.74, 6) is 0. The molecule has 0 N–H and O–H groups in total. The van der Waals surface area contributed by atoms with E-state index in [0.717, 1.165) is 0 Å². The smallest absolute Gasteiger partial charge is 0.0154 e. The molecule has 17 heavy (non-hydrogen) atoms. The molecule has 0 aromatic heterocycles. The average Bonchev–Trinajstić information content (AvgIpc) is 2.33. The fraction of sp³-hybridized carbons (Fsp3) is 0.412. The van der Waals surface area contributed by atoms with Crippen LogP contribution in [0.3, 0.4) is 0 Å². The quantitative estimate of drug-likeness (QED) is 0.535. The molecular formula is C17H26. The van der Waals surface area contributed by atoms with Gasteiger partial charge in [0.1, 0.15) is 0 Å². The Morgan fingerprint density at radius 3 is 1.76 bits per heavy atom. The van der Waals surface area contributed by atoms with E-state index in [1.807, 2.05) is 27.7 Å². The van der Waals surface area contributed by atoms with Crippen molar-refractivity contribution >= 4 is 10.8 Å². The minimum Gasteiger partial charge on any atom is -0.0683 e. The van der Waals surface area contributed by atoms with Crippen LogP contribution in [-0.2, 0) is 0 Å². The van der Waals surface area contributed by atoms with Crippen molar-refractivity contribution in [1.29, 1.82) is 0 Å². The molecule has 0 heterocycles. The molecule has 0 heteroatoms. The molecule has 2 aromatic carbocycles. The van der Waals surface area contributed by atoms with E-state index in [4.69, 9.17) is 0 Å². The van der Waals surface area contributed by atoms with Gasteiger partial charge in [-0.25, -0.2) is 0 Å². The summed E-state index contributed by atoms with van der Waals surface area (Å²) >= 11 is 0. The summed E-state index contributed by atoms with van der Waals surface area (Å²) in [5, 5.41) is 2.73. The number of benzene rings is 2. The topological polar surface area (TPSA) is 0 Å². The van der Waals surface area contributed by atoms with Crippen LogP contribution in [-0.4, -0.2) is 0 Å². The summed E-state index contributed by atoms with van der Waals surface area (Å²) < 4.78 is 0. The minimum atomic E-state index is 1.33. The van der Waals surface area contributed by atoms with Crippen molar-refractivity contribution in [2.24, 2.45) is 0 Å². The van der Waals surface area contributed by atoms with Gasteiger partial charge in [0.25, 0.3) is 0 Å². The number of rotatable bonds is 0. The van der Waals surface area contributed by atoms with Gasteiger partial charge >= 0.3 is 0 Å². The van der Waals surface area contributed by atoms with Crippen molar-refractivity contribution in [1.82, 2.24) is 0 Å². The molecule has 2 rings (SSSR count). The molecule has 0 radical (unpaired) electrons. The van der Waals surface area contributed by atoms with Gasteiger partial charge in [0, 0.05) is 0 Å². The lowest BCUT2D eigenvalue weighted by Gasteiger charge is -2.04. The fourth-order valence-electron chi connectivity index (χ4n) is 1.87. The lowest BCUT2D eigenvalue weighted by molar-refractivity contribution is 1.41. The highest BCUT2D eigenvalue weighted by Crippen LogP contribution is 2.21. The van der Waals surface area contributed by atoms with E-state index in [9.17, 15) is 0 Å². The van der Waals surface area contributed by atoms with Crippen LogP contribution in [0.1, 0.15) is 44.4 Å². The van der Waals surface area contributed by atoms with Crippen LogP contribution in [0.5, 0.6) is 0 Å². The van der Waals surface area contributed by atoms with Gasteiger partial charge in [-0.3, -0.25) is 0 Å². The Morgan fingerprint density at radius 1 is 0.647 bits per heavy atom. The van der Waals surface area contributed by atoms with Crippen LogP contribution in [0.15, 0.2) is 30.3 Å². The Morgan fingerprint density at radius 2 is 1.18 bits per heavy atom. The van der Waals surface area contributed by atoms with Crippen LogP contribution in [0, 0.1) is 20.8 Å². The van der Waals surface area contributed by atoms with Gasteiger partial charge in [0.05, 0.1) is 0 Å². The van der Waals surface area contributed by atoms with Crippen molar-refractivity contribution in [2.75, 3.05) is 0 Å². The molecule has 0 amide bonds. The molecule has 94 valence electrons. The Kier molecular flexibility index (Phi) is 7.29. The molecule has 2 aromatic rings. The van der Waals surface area contributed by atoms with Gasteiger partial charge in [-0.2, -0.15) is 0 Å². The van der Waals surface area contributed by atoms with Crippen LogP contribution in [0.25, 0.3) is 10.8 Å². The van der Waals surface area contributed by atoms with Crippen molar-refractivity contribution in [2.45, 2.75) is 48.5 Å². The first-order valence-electron chi connectivity index (χ1n) is 6.64. The molecule has 0 bridgehead atoms. The Balaban J connectivity index is 0.000000581. The van der Waals surface area contributed by atoms with E-state index < -0.39 is 0 Å². The normalized spacial score (nSPS) is 8.88. The third kappa shape index (κ3) is 4.22. The van der Waals surface area contributed by atoms with E-state index in [1.54, 1.807) is 0 Å². The Bertz CT molecular complexity index is 448. The van der Waals surface area contributed by atoms with Crippen molar-refractivity contribution in [3.8, 4) is 0 Å². The molecule has 0 saturated carbocycles. The molecule has 0 unspecified atom stereocenters. The van der Waals surface area contributed by atoms with Gasteiger partial charge in [0.2, 0.25) is 0 Å². The molecule has 0 fully saturated rings. The zero-order chi connectivity index (χ0) is 13.4. The van der Waals surface area contributed by atoms with Gasteiger partial charge < -0.3 is 0 Å². The van der Waals surface area contributed by atoms with Crippen LogP contribution in [0.4, 0.5) is 0 Å². The highest BCUT2D eigenvalue weighted by Gasteiger charge is 1.97. The van der Waals surface area contributed by atoms with E-state index >= 15 is 0 Å². The van der Waals surface area contributed by atoms with E-state index in [-0.39, 0.29) is 0 Å². The number of fused-ring (bicyclic) bond motifs is 1. The zero-order valence-electron chi connectivity index (χ0n) is 12.4. The van der Waals surface area contributed by atoms with Crippen molar-refractivity contribution in [3.63, 3.8) is 0 Å². The van der Waals surface area contributed by atoms with Crippen LogP contribution >= 0.6 is 0 Å². The predicted octanol–water partition coefficient (Wildman–Crippen LogP) is 5.82. The first kappa shape index (κ1) is 15.7. The fourth-order valence-corrected chi connectivity index (χ4v) is 1.87. The molecule has 0 aliphatic carbocycles. The summed E-state index contributed by atoms with van der Waals surface area (Å²) in [7, 11) is 0. The third-order valence-electron chi connectivity index (χ3n) is 2.46. The minimum absolute atomic E-state index is 1.33.